The lowest BCUT2D eigenvalue weighted by molar-refractivity contribution is 0.0520. The number of carbonyl (C=O) groups is 2. The Hall–Kier alpha value is -2.30. The number of sulfonamides is 1. The minimum Gasteiger partial charge on any atom is -0.461 e. The number of hydrogen-bond acceptors (Lipinski definition) is 7. The number of hydrogen-bond donors (Lipinski definition) is 1. The van der Waals surface area contributed by atoms with Crippen LogP contribution in [0.25, 0.3) is 0 Å². The van der Waals surface area contributed by atoms with E-state index in [-0.39, 0.29) is 28.4 Å². The minimum atomic E-state index is -3.61. The van der Waals surface area contributed by atoms with Crippen molar-refractivity contribution in [2.45, 2.75) is 50.0 Å². The van der Waals surface area contributed by atoms with E-state index in [4.69, 9.17) is 4.74 Å². The Balaban J connectivity index is 1.67. The van der Waals surface area contributed by atoms with Gasteiger partial charge in [0, 0.05) is 24.0 Å². The predicted molar refractivity (Wildman–Crippen MR) is 114 cm³/mol. The van der Waals surface area contributed by atoms with Gasteiger partial charge in [-0.3, -0.25) is 10.1 Å². The van der Waals surface area contributed by atoms with Crippen LogP contribution in [0, 0.1) is 0 Å². The Labute approximate surface area is 180 Å². The summed E-state index contributed by atoms with van der Waals surface area (Å²) >= 11 is 1.11. The van der Waals surface area contributed by atoms with E-state index in [2.05, 4.69) is 10.3 Å². The maximum atomic E-state index is 12.9. The SMILES string of the molecule is CCOC(=O)c1csc(NC(=O)c2ccc(S(=O)(=O)N(C)C3CCCCC3)cc2)n1. The zero-order valence-corrected chi connectivity index (χ0v) is 18.6. The number of carbonyl (C=O) groups excluding carboxylic acids is 2. The van der Waals surface area contributed by atoms with Gasteiger partial charge in [-0.15, -0.1) is 11.3 Å². The first-order valence-electron chi connectivity index (χ1n) is 9.85. The summed E-state index contributed by atoms with van der Waals surface area (Å²) < 4.78 is 32.1. The monoisotopic (exact) mass is 451 g/mol. The van der Waals surface area contributed by atoms with Crippen LogP contribution >= 0.6 is 11.3 Å². The van der Waals surface area contributed by atoms with Crippen molar-refractivity contribution in [3.63, 3.8) is 0 Å². The summed E-state index contributed by atoms with van der Waals surface area (Å²) in [5.74, 6) is -0.991. The van der Waals surface area contributed by atoms with Gasteiger partial charge in [0.2, 0.25) is 10.0 Å². The molecule has 162 valence electrons. The topological polar surface area (TPSA) is 106 Å². The first-order valence-corrected chi connectivity index (χ1v) is 12.2. The number of nitrogens with one attached hydrogen (secondary N) is 1. The summed E-state index contributed by atoms with van der Waals surface area (Å²) in [5.41, 5.74) is 0.423. The molecule has 2 aromatic rings. The number of esters is 1. The molecule has 1 aliphatic carbocycles. The zero-order valence-electron chi connectivity index (χ0n) is 17.0. The van der Waals surface area contributed by atoms with Gasteiger partial charge < -0.3 is 4.74 Å². The second-order valence-electron chi connectivity index (χ2n) is 7.05. The molecule has 0 saturated heterocycles. The van der Waals surface area contributed by atoms with Gasteiger partial charge in [-0.25, -0.2) is 18.2 Å². The number of ether oxygens (including phenoxy) is 1. The van der Waals surface area contributed by atoms with Crippen molar-refractivity contribution < 1.29 is 22.7 Å². The number of benzene rings is 1. The molecular weight excluding hydrogens is 426 g/mol. The lowest BCUT2D eigenvalue weighted by Gasteiger charge is -2.30. The molecule has 0 unspecified atom stereocenters. The van der Waals surface area contributed by atoms with Crippen molar-refractivity contribution in [2.75, 3.05) is 19.0 Å². The molecule has 0 spiro atoms. The van der Waals surface area contributed by atoms with E-state index < -0.39 is 21.9 Å². The lowest BCUT2D eigenvalue weighted by Crippen LogP contribution is -2.38. The number of aromatic nitrogens is 1. The first kappa shape index (κ1) is 22.4. The summed E-state index contributed by atoms with van der Waals surface area (Å²) in [4.78, 5) is 28.3. The molecule has 1 amide bonds. The number of thiazole rings is 1. The molecule has 0 bridgehead atoms. The molecule has 1 aromatic carbocycles. The maximum Gasteiger partial charge on any atom is 0.357 e. The second-order valence-corrected chi connectivity index (χ2v) is 9.91. The van der Waals surface area contributed by atoms with Gasteiger partial charge in [0.05, 0.1) is 11.5 Å². The standard InChI is InChI=1S/C20H25N3O5S2/c1-3-28-19(25)17-13-29-20(21-17)22-18(24)14-9-11-16(12-10-14)30(26,27)23(2)15-7-5-4-6-8-15/h9-13,15H,3-8H2,1-2H3,(H,21,22,24). The summed E-state index contributed by atoms with van der Waals surface area (Å²) in [5, 5.41) is 4.37. The second kappa shape index (κ2) is 9.67. The number of nitrogens with zero attached hydrogens (tertiary/aromatic N) is 2. The molecular formula is C20H25N3O5S2. The Kier molecular flexibility index (Phi) is 7.22. The summed E-state index contributed by atoms with van der Waals surface area (Å²) in [6.45, 7) is 1.94. The van der Waals surface area contributed by atoms with E-state index in [1.165, 1.54) is 34.0 Å². The largest absolute Gasteiger partial charge is 0.461 e. The van der Waals surface area contributed by atoms with Gasteiger partial charge in [0.25, 0.3) is 5.91 Å². The number of anilines is 1. The highest BCUT2D eigenvalue weighted by molar-refractivity contribution is 7.89. The van der Waals surface area contributed by atoms with Crippen molar-refractivity contribution in [1.29, 1.82) is 0 Å². The van der Waals surface area contributed by atoms with E-state index in [0.29, 0.717) is 5.56 Å². The smallest absolute Gasteiger partial charge is 0.357 e. The van der Waals surface area contributed by atoms with Gasteiger partial charge in [-0.05, 0) is 44.0 Å². The molecule has 1 aromatic heterocycles. The Bertz CT molecular complexity index is 996. The first-order chi connectivity index (χ1) is 14.3. The van der Waals surface area contributed by atoms with Gasteiger partial charge in [-0.2, -0.15) is 4.31 Å². The Morgan fingerprint density at radius 2 is 1.87 bits per heavy atom. The van der Waals surface area contributed by atoms with Gasteiger partial charge >= 0.3 is 5.97 Å². The zero-order chi connectivity index (χ0) is 21.7. The summed E-state index contributed by atoms with van der Waals surface area (Å²) in [6.07, 6.45) is 4.97. The van der Waals surface area contributed by atoms with Crippen molar-refractivity contribution in [2.24, 2.45) is 0 Å². The fourth-order valence-electron chi connectivity index (χ4n) is 3.38. The molecule has 30 heavy (non-hydrogen) atoms. The maximum absolute atomic E-state index is 12.9. The van der Waals surface area contributed by atoms with Crippen LogP contribution in [-0.2, 0) is 14.8 Å². The van der Waals surface area contributed by atoms with Crippen molar-refractivity contribution in [3.8, 4) is 0 Å². The average molecular weight is 452 g/mol. The quantitative estimate of drug-likeness (QED) is 0.646. The molecule has 8 nitrogen and oxygen atoms in total. The van der Waals surface area contributed by atoms with Crippen LogP contribution in [0.5, 0.6) is 0 Å². The molecule has 1 saturated carbocycles. The molecule has 10 heteroatoms. The van der Waals surface area contributed by atoms with Gasteiger partial charge in [-0.1, -0.05) is 19.3 Å². The fourth-order valence-corrected chi connectivity index (χ4v) is 5.48. The third-order valence-electron chi connectivity index (χ3n) is 5.09. The van der Waals surface area contributed by atoms with Crippen LogP contribution in [0.2, 0.25) is 0 Å². The van der Waals surface area contributed by atoms with Crippen LogP contribution in [-0.4, -0.2) is 49.3 Å². The van der Waals surface area contributed by atoms with Gasteiger partial charge in [0.1, 0.15) is 0 Å². The highest BCUT2D eigenvalue weighted by Gasteiger charge is 2.29. The summed E-state index contributed by atoms with van der Waals surface area (Å²) in [7, 11) is -1.99. The molecule has 0 atom stereocenters. The van der Waals surface area contributed by atoms with E-state index in [1.807, 2.05) is 0 Å². The molecule has 0 radical (unpaired) electrons. The van der Waals surface area contributed by atoms with E-state index in [1.54, 1.807) is 14.0 Å². The van der Waals surface area contributed by atoms with Crippen molar-refractivity contribution >= 4 is 38.4 Å². The third-order valence-corrected chi connectivity index (χ3v) is 7.77. The van der Waals surface area contributed by atoms with E-state index in [9.17, 15) is 18.0 Å². The van der Waals surface area contributed by atoms with Crippen molar-refractivity contribution in [3.05, 3.63) is 40.9 Å². The molecule has 1 aliphatic rings. The fraction of sp³-hybridized carbons (Fsp3) is 0.450. The predicted octanol–water partition coefficient (Wildman–Crippen LogP) is 3.53. The van der Waals surface area contributed by atoms with Crippen LogP contribution in [0.15, 0.2) is 34.5 Å². The average Bonchev–Trinajstić information content (AvgIpc) is 3.22. The van der Waals surface area contributed by atoms with E-state index in [0.717, 1.165) is 43.4 Å². The highest BCUT2D eigenvalue weighted by Crippen LogP contribution is 2.26. The normalized spacial score (nSPS) is 15.2. The lowest BCUT2D eigenvalue weighted by atomic mass is 9.96. The van der Waals surface area contributed by atoms with Crippen LogP contribution in [0.4, 0.5) is 5.13 Å². The van der Waals surface area contributed by atoms with Crippen LogP contribution in [0.1, 0.15) is 59.9 Å². The summed E-state index contributed by atoms with van der Waals surface area (Å²) in [6, 6.07) is 5.84. The molecule has 3 rings (SSSR count). The molecule has 1 heterocycles. The van der Waals surface area contributed by atoms with Gasteiger partial charge in [0.15, 0.2) is 10.8 Å². The third kappa shape index (κ3) is 5.05. The number of rotatable bonds is 7. The molecule has 1 N–H and O–H groups in total. The Morgan fingerprint density at radius 1 is 1.20 bits per heavy atom. The molecule has 0 aliphatic heterocycles. The van der Waals surface area contributed by atoms with E-state index >= 15 is 0 Å². The van der Waals surface area contributed by atoms with Crippen LogP contribution in [0.3, 0.4) is 0 Å². The van der Waals surface area contributed by atoms with Crippen molar-refractivity contribution in [1.82, 2.24) is 9.29 Å². The highest BCUT2D eigenvalue weighted by atomic mass is 32.2. The molecule has 1 fully saturated rings. The van der Waals surface area contributed by atoms with Crippen LogP contribution < -0.4 is 5.32 Å². The minimum absolute atomic E-state index is 0.0187. The number of amides is 1. The Morgan fingerprint density at radius 3 is 2.50 bits per heavy atom.